The number of carbonyl (C=O) groups is 2. The van der Waals surface area contributed by atoms with Crippen LogP contribution >= 0.6 is 0 Å². The van der Waals surface area contributed by atoms with E-state index in [4.69, 9.17) is 9.90 Å². The predicted octanol–water partition coefficient (Wildman–Crippen LogP) is 3.37. The lowest BCUT2D eigenvalue weighted by Gasteiger charge is -2.32. The van der Waals surface area contributed by atoms with Gasteiger partial charge in [-0.05, 0) is 43.4 Å². The zero-order chi connectivity index (χ0) is 23.1. The Morgan fingerprint density at radius 1 is 1.06 bits per heavy atom. The third-order valence-corrected chi connectivity index (χ3v) is 5.84. The Bertz CT molecular complexity index is 890. The van der Waals surface area contributed by atoms with Crippen molar-refractivity contribution in [1.29, 1.82) is 0 Å². The minimum absolute atomic E-state index is 0.204. The van der Waals surface area contributed by atoms with E-state index in [2.05, 4.69) is 21.5 Å². The number of hydrogen-bond acceptors (Lipinski definition) is 5. The van der Waals surface area contributed by atoms with Gasteiger partial charge in [0.05, 0.1) is 18.2 Å². The number of carboxylic acid groups (broad SMARTS) is 1. The molecule has 3 heterocycles. The molecule has 2 aliphatic rings. The van der Waals surface area contributed by atoms with Crippen LogP contribution in [0.25, 0.3) is 0 Å². The number of rotatable bonds is 4. The Balaban J connectivity index is 0.000000360. The summed E-state index contributed by atoms with van der Waals surface area (Å²) < 4.78 is 33.8. The lowest BCUT2D eigenvalue weighted by molar-refractivity contribution is -0.192. The van der Waals surface area contributed by atoms with E-state index >= 15 is 0 Å². The van der Waals surface area contributed by atoms with Gasteiger partial charge in [0.25, 0.3) is 0 Å². The molecule has 11 heteroatoms. The van der Waals surface area contributed by atoms with Crippen LogP contribution in [0.15, 0.2) is 30.7 Å². The van der Waals surface area contributed by atoms with Gasteiger partial charge in [0.1, 0.15) is 0 Å². The maximum Gasteiger partial charge on any atom is 0.490 e. The van der Waals surface area contributed by atoms with Gasteiger partial charge in [-0.3, -0.25) is 9.78 Å². The Morgan fingerprint density at radius 2 is 1.66 bits per heavy atom. The monoisotopic (exact) mass is 453 g/mol. The number of nitrogens with zero attached hydrogens (tertiary/aromatic N) is 5. The molecule has 2 fully saturated rings. The van der Waals surface area contributed by atoms with Gasteiger partial charge in [-0.25, -0.2) is 9.48 Å². The maximum atomic E-state index is 12.5. The molecule has 8 nitrogen and oxygen atoms in total. The van der Waals surface area contributed by atoms with Crippen molar-refractivity contribution in [2.75, 3.05) is 13.1 Å². The average molecular weight is 453 g/mol. The van der Waals surface area contributed by atoms with Crippen LogP contribution in [0.3, 0.4) is 0 Å². The number of alkyl halides is 3. The molecule has 2 aromatic heterocycles. The SMILES string of the molecule is O=C(Cc1ccncc1)N1CCC(n2cc(C3CCCC3)nn2)CC1.O=C(O)C(F)(F)F. The second-order valence-electron chi connectivity index (χ2n) is 8.05. The molecule has 2 aromatic rings. The molecule has 32 heavy (non-hydrogen) atoms. The van der Waals surface area contributed by atoms with E-state index in [1.807, 2.05) is 21.7 Å². The first kappa shape index (κ1) is 23.7. The summed E-state index contributed by atoms with van der Waals surface area (Å²) in [6.07, 6.45) is 8.04. The molecular weight excluding hydrogens is 427 g/mol. The van der Waals surface area contributed by atoms with Crippen molar-refractivity contribution in [1.82, 2.24) is 24.9 Å². The average Bonchev–Trinajstić information content (AvgIpc) is 3.46. The van der Waals surface area contributed by atoms with Crippen LogP contribution in [0.1, 0.15) is 61.7 Å². The van der Waals surface area contributed by atoms with Crippen molar-refractivity contribution in [2.24, 2.45) is 0 Å². The van der Waals surface area contributed by atoms with Crippen LogP contribution in [0.5, 0.6) is 0 Å². The molecule has 4 rings (SSSR count). The number of likely N-dealkylation sites (tertiary alicyclic amines) is 1. The molecule has 1 amide bonds. The summed E-state index contributed by atoms with van der Waals surface area (Å²) in [4.78, 5) is 27.3. The molecule has 1 aliphatic heterocycles. The van der Waals surface area contributed by atoms with Gasteiger partial charge in [0.2, 0.25) is 5.91 Å². The molecule has 1 saturated carbocycles. The summed E-state index contributed by atoms with van der Waals surface area (Å²) in [6.45, 7) is 1.60. The third kappa shape index (κ3) is 6.51. The van der Waals surface area contributed by atoms with E-state index in [0.29, 0.717) is 18.4 Å². The van der Waals surface area contributed by atoms with Crippen molar-refractivity contribution < 1.29 is 27.9 Å². The number of aromatic nitrogens is 4. The highest BCUT2D eigenvalue weighted by Crippen LogP contribution is 2.33. The molecular formula is C21H26F3N5O3. The minimum atomic E-state index is -5.08. The van der Waals surface area contributed by atoms with Gasteiger partial charge in [-0.15, -0.1) is 5.10 Å². The highest BCUT2D eigenvalue weighted by Gasteiger charge is 2.38. The van der Waals surface area contributed by atoms with Crippen molar-refractivity contribution in [3.05, 3.63) is 42.0 Å². The smallest absolute Gasteiger partial charge is 0.475 e. The second kappa shape index (κ2) is 10.6. The van der Waals surface area contributed by atoms with Crippen molar-refractivity contribution in [3.8, 4) is 0 Å². The molecule has 0 aromatic carbocycles. The van der Waals surface area contributed by atoms with E-state index < -0.39 is 12.1 Å². The van der Waals surface area contributed by atoms with E-state index in [1.165, 1.54) is 25.7 Å². The Labute approximate surface area is 183 Å². The lowest BCUT2D eigenvalue weighted by Crippen LogP contribution is -2.40. The Hall–Kier alpha value is -2.98. The first-order valence-corrected chi connectivity index (χ1v) is 10.6. The quantitative estimate of drug-likeness (QED) is 0.762. The van der Waals surface area contributed by atoms with E-state index in [1.54, 1.807) is 12.4 Å². The van der Waals surface area contributed by atoms with Gasteiger partial charge in [-0.1, -0.05) is 18.1 Å². The van der Waals surface area contributed by atoms with Gasteiger partial charge in [0.15, 0.2) is 0 Å². The predicted molar refractivity (Wildman–Crippen MR) is 108 cm³/mol. The topological polar surface area (TPSA) is 101 Å². The summed E-state index contributed by atoms with van der Waals surface area (Å²) in [7, 11) is 0. The minimum Gasteiger partial charge on any atom is -0.475 e. The molecule has 0 bridgehead atoms. The molecule has 1 aliphatic carbocycles. The molecule has 1 N–H and O–H groups in total. The fourth-order valence-electron chi connectivity index (χ4n) is 4.04. The highest BCUT2D eigenvalue weighted by molar-refractivity contribution is 5.78. The maximum absolute atomic E-state index is 12.5. The summed E-state index contributed by atoms with van der Waals surface area (Å²) in [5, 5.41) is 15.9. The van der Waals surface area contributed by atoms with E-state index in [0.717, 1.165) is 37.2 Å². The zero-order valence-corrected chi connectivity index (χ0v) is 17.5. The Morgan fingerprint density at radius 3 is 2.22 bits per heavy atom. The number of aliphatic carboxylic acids is 1. The third-order valence-electron chi connectivity index (χ3n) is 5.84. The summed E-state index contributed by atoms with van der Waals surface area (Å²) in [6, 6.07) is 4.18. The van der Waals surface area contributed by atoms with Crippen LogP contribution in [-0.2, 0) is 16.0 Å². The molecule has 1 saturated heterocycles. The zero-order valence-electron chi connectivity index (χ0n) is 17.5. The second-order valence-corrected chi connectivity index (χ2v) is 8.05. The number of pyridine rings is 1. The Kier molecular flexibility index (Phi) is 7.81. The highest BCUT2D eigenvalue weighted by atomic mass is 19.4. The van der Waals surface area contributed by atoms with Gasteiger partial charge < -0.3 is 10.0 Å². The molecule has 0 unspecified atom stereocenters. The van der Waals surface area contributed by atoms with Gasteiger partial charge in [-0.2, -0.15) is 13.2 Å². The van der Waals surface area contributed by atoms with Crippen LogP contribution in [0.4, 0.5) is 13.2 Å². The van der Waals surface area contributed by atoms with E-state index in [9.17, 15) is 18.0 Å². The fourth-order valence-corrected chi connectivity index (χ4v) is 4.04. The molecule has 0 atom stereocenters. The fraction of sp³-hybridized carbons (Fsp3) is 0.571. The molecule has 0 radical (unpaired) electrons. The largest absolute Gasteiger partial charge is 0.490 e. The number of carbonyl (C=O) groups excluding carboxylic acids is 1. The van der Waals surface area contributed by atoms with Gasteiger partial charge in [0, 0.05) is 37.6 Å². The number of piperidine rings is 1. The first-order valence-electron chi connectivity index (χ1n) is 10.6. The molecule has 0 spiro atoms. The van der Waals surface area contributed by atoms with Crippen molar-refractivity contribution in [2.45, 2.75) is 63.1 Å². The van der Waals surface area contributed by atoms with E-state index in [-0.39, 0.29) is 5.91 Å². The molecule has 174 valence electrons. The summed E-state index contributed by atoms with van der Waals surface area (Å²) in [5.74, 6) is -1.95. The van der Waals surface area contributed by atoms with Crippen LogP contribution in [0.2, 0.25) is 0 Å². The normalized spacial score (nSPS) is 17.7. The number of carboxylic acids is 1. The summed E-state index contributed by atoms with van der Waals surface area (Å²) >= 11 is 0. The van der Waals surface area contributed by atoms with Crippen LogP contribution in [0, 0.1) is 0 Å². The number of hydrogen-bond donors (Lipinski definition) is 1. The lowest BCUT2D eigenvalue weighted by atomic mass is 10.0. The number of amides is 1. The van der Waals surface area contributed by atoms with Gasteiger partial charge >= 0.3 is 12.1 Å². The van der Waals surface area contributed by atoms with Crippen molar-refractivity contribution >= 4 is 11.9 Å². The number of halogens is 3. The van der Waals surface area contributed by atoms with Crippen LogP contribution in [-0.4, -0.2) is 61.1 Å². The van der Waals surface area contributed by atoms with Crippen LogP contribution < -0.4 is 0 Å². The standard InChI is InChI=1S/C19H25N5O.C2HF3O2/c25-19(13-15-5-9-20-10-6-15)23-11-7-17(8-12-23)24-14-18(21-22-24)16-3-1-2-4-16;3-2(4,5)1(6)7/h5-6,9-10,14,16-17H,1-4,7-8,11-13H2;(H,6,7). The first-order chi connectivity index (χ1) is 15.2. The summed E-state index contributed by atoms with van der Waals surface area (Å²) in [5.41, 5.74) is 2.19. The van der Waals surface area contributed by atoms with Crippen molar-refractivity contribution in [3.63, 3.8) is 0 Å².